The number of aliphatic hydroxyl groups excluding tert-OH is 2. The van der Waals surface area contributed by atoms with Gasteiger partial charge in [-0.25, -0.2) is 19.0 Å². The van der Waals surface area contributed by atoms with E-state index in [1.807, 2.05) is 0 Å². The second-order valence-corrected chi connectivity index (χ2v) is 8.14. The molecule has 0 unspecified atom stereocenters. The van der Waals surface area contributed by atoms with Crippen LogP contribution in [0.15, 0.2) is 30.6 Å². The Morgan fingerprint density at radius 1 is 1.17 bits per heavy atom. The van der Waals surface area contributed by atoms with Gasteiger partial charge in [-0.15, -0.1) is 0 Å². The zero-order chi connectivity index (χ0) is 25.5. The number of carboxylic acid groups (broad SMARTS) is 2. The van der Waals surface area contributed by atoms with E-state index in [2.05, 4.69) is 15.0 Å². The van der Waals surface area contributed by atoms with E-state index in [0.29, 0.717) is 0 Å². The van der Waals surface area contributed by atoms with Crippen LogP contribution < -0.4 is 5.73 Å². The van der Waals surface area contributed by atoms with Crippen LogP contribution in [0.4, 0.5) is 10.2 Å². The summed E-state index contributed by atoms with van der Waals surface area (Å²) in [4.78, 5) is 35.7. The maximum atomic E-state index is 13.2. The first kappa shape index (κ1) is 24.7. The standard InChI is InChI=1S/C20H19ClFN5O8/c21-19-25-14(23)11-15(26-19)27(7-24-11)16-13(29)12(28)10(35-16)6-34-20(17(30)31,18(32)33)5-8-1-3-9(22)4-2-8/h1-4,7,10,12-13,16,28-29H,5-6H2,(H,30,31)(H,32,33)(H2,23,25,26)/t10-,12+,13-,16-/m1/s1. The average molecular weight is 512 g/mol. The topological polar surface area (TPSA) is 203 Å². The van der Waals surface area contributed by atoms with Crippen molar-refractivity contribution >= 4 is 40.5 Å². The van der Waals surface area contributed by atoms with Crippen LogP contribution in [-0.2, 0) is 25.5 Å². The van der Waals surface area contributed by atoms with Gasteiger partial charge in [0.1, 0.15) is 29.6 Å². The van der Waals surface area contributed by atoms with Crippen LogP contribution in [0.5, 0.6) is 0 Å². The number of aliphatic carboxylic acids is 2. The Morgan fingerprint density at radius 2 is 1.83 bits per heavy atom. The highest BCUT2D eigenvalue weighted by Crippen LogP contribution is 2.33. The monoisotopic (exact) mass is 511 g/mol. The Hall–Kier alpha value is -3.43. The molecule has 15 heteroatoms. The van der Waals surface area contributed by atoms with Crippen LogP contribution in [0, 0.1) is 5.82 Å². The predicted molar refractivity (Wildman–Crippen MR) is 115 cm³/mol. The molecule has 4 rings (SSSR count). The van der Waals surface area contributed by atoms with Crippen molar-refractivity contribution < 1.29 is 43.9 Å². The highest BCUT2D eigenvalue weighted by Gasteiger charge is 2.51. The number of halogens is 2. The zero-order valence-corrected chi connectivity index (χ0v) is 18.4. The van der Waals surface area contributed by atoms with Crippen LogP contribution in [0.3, 0.4) is 0 Å². The van der Waals surface area contributed by atoms with E-state index in [0.717, 1.165) is 12.1 Å². The fraction of sp³-hybridized carbons (Fsp3) is 0.350. The van der Waals surface area contributed by atoms with Crippen LogP contribution in [0.1, 0.15) is 11.8 Å². The number of carboxylic acids is 2. The smallest absolute Gasteiger partial charge is 0.348 e. The summed E-state index contributed by atoms with van der Waals surface area (Å²) in [6.07, 6.45) is -5.18. The van der Waals surface area contributed by atoms with Gasteiger partial charge in [-0.3, -0.25) is 4.57 Å². The van der Waals surface area contributed by atoms with E-state index in [1.54, 1.807) is 0 Å². The highest BCUT2D eigenvalue weighted by molar-refractivity contribution is 6.28. The second kappa shape index (κ2) is 9.31. The predicted octanol–water partition coefficient (Wildman–Crippen LogP) is -0.0125. The molecule has 1 aliphatic rings. The Bertz CT molecular complexity index is 1260. The Balaban J connectivity index is 1.57. The van der Waals surface area contributed by atoms with Crippen molar-refractivity contribution in [2.24, 2.45) is 0 Å². The summed E-state index contributed by atoms with van der Waals surface area (Å²) < 4.78 is 25.4. The fourth-order valence-corrected chi connectivity index (χ4v) is 3.90. The van der Waals surface area contributed by atoms with Gasteiger partial charge in [0.15, 0.2) is 17.7 Å². The lowest BCUT2D eigenvalue weighted by Gasteiger charge is -2.27. The molecule has 2 aromatic heterocycles. The number of nitrogen functional groups attached to an aromatic ring is 1. The summed E-state index contributed by atoms with van der Waals surface area (Å²) in [6, 6.07) is 4.55. The molecule has 0 amide bonds. The van der Waals surface area contributed by atoms with Crippen molar-refractivity contribution in [3.8, 4) is 0 Å². The van der Waals surface area contributed by atoms with Gasteiger partial charge in [-0.1, -0.05) is 12.1 Å². The van der Waals surface area contributed by atoms with E-state index < -0.39 is 60.9 Å². The largest absolute Gasteiger partial charge is 0.479 e. The molecule has 13 nitrogen and oxygen atoms in total. The number of hydrogen-bond donors (Lipinski definition) is 5. The molecule has 3 heterocycles. The molecule has 1 saturated heterocycles. The van der Waals surface area contributed by atoms with E-state index in [1.165, 1.54) is 23.0 Å². The molecular weight excluding hydrogens is 493 g/mol. The number of benzene rings is 1. The van der Waals surface area contributed by atoms with Gasteiger partial charge in [0.05, 0.1) is 12.9 Å². The second-order valence-electron chi connectivity index (χ2n) is 7.80. The average Bonchev–Trinajstić information content (AvgIpc) is 3.33. The van der Waals surface area contributed by atoms with Crippen molar-refractivity contribution in [3.05, 3.63) is 47.3 Å². The minimum absolute atomic E-state index is 0.0276. The molecule has 0 spiro atoms. The number of anilines is 1. The van der Waals surface area contributed by atoms with Crippen molar-refractivity contribution in [1.29, 1.82) is 0 Å². The number of nitrogens with two attached hydrogens (primary N) is 1. The molecule has 35 heavy (non-hydrogen) atoms. The molecule has 3 aromatic rings. The van der Waals surface area contributed by atoms with Crippen molar-refractivity contribution in [2.45, 2.75) is 36.6 Å². The molecule has 6 N–H and O–H groups in total. The van der Waals surface area contributed by atoms with E-state index in [9.17, 15) is 34.4 Å². The summed E-state index contributed by atoms with van der Waals surface area (Å²) in [7, 11) is 0. The van der Waals surface area contributed by atoms with Gasteiger partial charge in [0.2, 0.25) is 5.28 Å². The lowest BCUT2D eigenvalue weighted by Crippen LogP contribution is -2.52. The van der Waals surface area contributed by atoms with Crippen LogP contribution in [0.25, 0.3) is 11.2 Å². The van der Waals surface area contributed by atoms with E-state index >= 15 is 0 Å². The quantitative estimate of drug-likeness (QED) is 0.200. The summed E-state index contributed by atoms with van der Waals surface area (Å²) in [5, 5.41) is 40.2. The summed E-state index contributed by atoms with van der Waals surface area (Å²) >= 11 is 5.84. The molecule has 0 aliphatic carbocycles. The van der Waals surface area contributed by atoms with Gasteiger partial charge in [0, 0.05) is 6.42 Å². The van der Waals surface area contributed by atoms with Crippen LogP contribution in [0.2, 0.25) is 5.28 Å². The Morgan fingerprint density at radius 3 is 2.46 bits per heavy atom. The van der Waals surface area contributed by atoms with E-state index in [4.69, 9.17) is 26.8 Å². The summed E-state index contributed by atoms with van der Waals surface area (Å²) in [6.45, 7) is -0.723. The molecule has 186 valence electrons. The third-order valence-electron chi connectivity index (χ3n) is 5.58. The van der Waals surface area contributed by atoms with Crippen LogP contribution in [-0.4, -0.2) is 82.4 Å². The SMILES string of the molecule is Nc1nc(Cl)nc2c1ncn2[C@@H]1O[C@H](COC(Cc2ccc(F)cc2)(C(=O)O)C(=O)O)[C@H](O)[C@H]1O. The molecule has 1 aliphatic heterocycles. The number of nitrogens with zero attached hydrogens (tertiary/aromatic N) is 4. The summed E-state index contributed by atoms with van der Waals surface area (Å²) in [5.74, 6) is -4.25. The Kier molecular flexibility index (Phi) is 6.57. The lowest BCUT2D eigenvalue weighted by molar-refractivity contribution is -0.190. The maximum Gasteiger partial charge on any atom is 0.348 e. The molecule has 1 fully saturated rings. The number of hydrogen-bond acceptors (Lipinski definition) is 10. The Labute approximate surface area is 200 Å². The molecule has 1 aromatic carbocycles. The van der Waals surface area contributed by atoms with Gasteiger partial charge >= 0.3 is 11.9 Å². The number of ether oxygens (including phenoxy) is 2. The number of aromatic nitrogens is 4. The number of rotatable bonds is 8. The minimum atomic E-state index is -2.78. The van der Waals surface area contributed by atoms with Gasteiger partial charge in [0.25, 0.3) is 5.60 Å². The third-order valence-corrected chi connectivity index (χ3v) is 5.75. The first-order chi connectivity index (χ1) is 16.5. The summed E-state index contributed by atoms with van der Waals surface area (Å²) in [5.41, 5.74) is 3.43. The minimum Gasteiger partial charge on any atom is -0.479 e. The number of imidazole rings is 1. The number of fused-ring (bicyclic) bond motifs is 1. The van der Waals surface area contributed by atoms with Crippen molar-refractivity contribution in [3.63, 3.8) is 0 Å². The maximum absolute atomic E-state index is 13.2. The van der Waals surface area contributed by atoms with Gasteiger partial charge in [-0.05, 0) is 29.3 Å². The normalized spacial score (nSPS) is 22.5. The fourth-order valence-electron chi connectivity index (χ4n) is 3.72. The molecule has 4 atom stereocenters. The zero-order valence-electron chi connectivity index (χ0n) is 17.7. The first-order valence-corrected chi connectivity index (χ1v) is 10.4. The van der Waals surface area contributed by atoms with Crippen molar-refractivity contribution in [2.75, 3.05) is 12.3 Å². The molecule has 0 bridgehead atoms. The van der Waals surface area contributed by atoms with Gasteiger partial charge in [-0.2, -0.15) is 9.97 Å². The van der Waals surface area contributed by atoms with Crippen molar-refractivity contribution in [1.82, 2.24) is 19.5 Å². The lowest BCUT2D eigenvalue weighted by atomic mass is 9.94. The molecule has 0 radical (unpaired) electrons. The number of carbonyl (C=O) groups is 2. The van der Waals surface area contributed by atoms with Gasteiger partial charge < -0.3 is 35.6 Å². The van der Waals surface area contributed by atoms with E-state index in [-0.39, 0.29) is 27.8 Å². The highest BCUT2D eigenvalue weighted by atomic mass is 35.5. The first-order valence-electron chi connectivity index (χ1n) is 10.1. The number of aliphatic hydroxyl groups is 2. The molecular formula is C20H19ClFN5O8. The molecule has 0 saturated carbocycles. The third kappa shape index (κ3) is 4.49. The van der Waals surface area contributed by atoms with Crippen LogP contribution >= 0.6 is 11.6 Å².